The summed E-state index contributed by atoms with van der Waals surface area (Å²) in [6.07, 6.45) is -4.46. The van der Waals surface area contributed by atoms with Crippen LogP contribution < -0.4 is 9.80 Å². The molecule has 0 bridgehead atoms. The van der Waals surface area contributed by atoms with E-state index in [1.807, 2.05) is 12.1 Å². The molecule has 1 amide bonds. The van der Waals surface area contributed by atoms with Gasteiger partial charge in [-0.05, 0) is 35.9 Å². The number of anilines is 2. The van der Waals surface area contributed by atoms with E-state index in [0.29, 0.717) is 18.9 Å². The summed E-state index contributed by atoms with van der Waals surface area (Å²) in [6.45, 7) is 2.91. The van der Waals surface area contributed by atoms with Gasteiger partial charge in [0.2, 0.25) is 5.91 Å². The Morgan fingerprint density at radius 3 is 2.29 bits per heavy atom. The highest BCUT2D eigenvalue weighted by atomic mass is 32.2. The van der Waals surface area contributed by atoms with Gasteiger partial charge in [0.15, 0.2) is 0 Å². The van der Waals surface area contributed by atoms with Crippen molar-refractivity contribution in [3.63, 3.8) is 0 Å². The number of hydrogen-bond donors (Lipinski definition) is 0. The second-order valence-electron chi connectivity index (χ2n) is 6.63. The number of thioether (sulfide) groups is 1. The zero-order chi connectivity index (χ0) is 19.7. The summed E-state index contributed by atoms with van der Waals surface area (Å²) in [7, 11) is 0. The first kappa shape index (κ1) is 19.1. The van der Waals surface area contributed by atoms with Crippen LogP contribution in [0.4, 0.5) is 24.5 Å². The molecule has 0 radical (unpaired) electrons. The molecule has 0 saturated carbocycles. The number of rotatable bonds is 3. The molecule has 2 heterocycles. The van der Waals surface area contributed by atoms with Crippen molar-refractivity contribution in [1.29, 1.82) is 0 Å². The van der Waals surface area contributed by atoms with Gasteiger partial charge in [0.25, 0.3) is 0 Å². The lowest BCUT2D eigenvalue weighted by Crippen LogP contribution is -2.36. The maximum atomic E-state index is 13.5. The highest BCUT2D eigenvalue weighted by Crippen LogP contribution is 2.46. The predicted molar refractivity (Wildman–Crippen MR) is 104 cm³/mol. The normalized spacial score (nSPS) is 20.7. The molecule has 0 aromatic heterocycles. The number of amides is 1. The van der Waals surface area contributed by atoms with Crippen LogP contribution in [0.3, 0.4) is 0 Å². The first-order valence-electron chi connectivity index (χ1n) is 8.98. The first-order valence-corrected chi connectivity index (χ1v) is 10.0. The summed E-state index contributed by atoms with van der Waals surface area (Å²) < 4.78 is 45.7. The van der Waals surface area contributed by atoms with E-state index in [0.717, 1.165) is 24.8 Å². The van der Waals surface area contributed by atoms with Gasteiger partial charge in [0.05, 0.1) is 24.5 Å². The molecule has 4 nitrogen and oxygen atoms in total. The van der Waals surface area contributed by atoms with Gasteiger partial charge >= 0.3 is 6.18 Å². The number of morpholine rings is 1. The molecule has 0 N–H and O–H groups in total. The minimum absolute atomic E-state index is 0.114. The van der Waals surface area contributed by atoms with Crippen LogP contribution in [-0.4, -0.2) is 38.0 Å². The van der Waals surface area contributed by atoms with Crippen molar-refractivity contribution >= 4 is 29.0 Å². The third-order valence-corrected chi connectivity index (χ3v) is 6.10. The number of benzene rings is 2. The van der Waals surface area contributed by atoms with Crippen LogP contribution >= 0.6 is 11.8 Å². The Morgan fingerprint density at radius 2 is 1.61 bits per heavy atom. The molecular formula is C20H19F3N2O2S. The van der Waals surface area contributed by atoms with Crippen molar-refractivity contribution in [3.05, 3.63) is 59.7 Å². The fourth-order valence-electron chi connectivity index (χ4n) is 3.55. The second-order valence-corrected chi connectivity index (χ2v) is 7.70. The largest absolute Gasteiger partial charge is 0.416 e. The summed E-state index contributed by atoms with van der Waals surface area (Å²) in [5.41, 5.74) is 1.04. The van der Waals surface area contributed by atoms with Gasteiger partial charge in [-0.3, -0.25) is 9.69 Å². The van der Waals surface area contributed by atoms with Gasteiger partial charge in [0, 0.05) is 24.5 Å². The molecule has 2 aromatic rings. The van der Waals surface area contributed by atoms with Gasteiger partial charge in [-0.25, -0.2) is 0 Å². The Bertz CT molecular complexity index is 851. The summed E-state index contributed by atoms with van der Waals surface area (Å²) in [5, 5.41) is -0.695. The van der Waals surface area contributed by atoms with E-state index in [2.05, 4.69) is 4.90 Å². The van der Waals surface area contributed by atoms with Crippen LogP contribution in [0.1, 0.15) is 16.5 Å². The lowest BCUT2D eigenvalue weighted by molar-refractivity contribution is -0.138. The van der Waals surface area contributed by atoms with Gasteiger partial charge in [0.1, 0.15) is 5.37 Å². The van der Waals surface area contributed by atoms with Crippen molar-refractivity contribution in [1.82, 2.24) is 0 Å². The third kappa shape index (κ3) is 3.71. The molecular weight excluding hydrogens is 389 g/mol. The average molecular weight is 408 g/mol. The molecule has 4 rings (SSSR count). The number of nitrogens with zero attached hydrogens (tertiary/aromatic N) is 2. The van der Waals surface area contributed by atoms with Crippen LogP contribution in [0.2, 0.25) is 0 Å². The van der Waals surface area contributed by atoms with E-state index in [1.54, 1.807) is 18.2 Å². The third-order valence-electron chi connectivity index (χ3n) is 4.90. The van der Waals surface area contributed by atoms with Crippen LogP contribution in [0.5, 0.6) is 0 Å². The predicted octanol–water partition coefficient (Wildman–Crippen LogP) is 4.32. The second kappa shape index (κ2) is 7.67. The maximum Gasteiger partial charge on any atom is 0.416 e. The van der Waals surface area contributed by atoms with Gasteiger partial charge in [-0.1, -0.05) is 18.2 Å². The molecule has 1 unspecified atom stereocenters. The summed E-state index contributed by atoms with van der Waals surface area (Å²) in [5.74, 6) is -0.0340. The zero-order valence-electron chi connectivity index (χ0n) is 15.0. The van der Waals surface area contributed by atoms with Crippen LogP contribution in [-0.2, 0) is 15.7 Å². The van der Waals surface area contributed by atoms with Crippen LogP contribution in [0, 0.1) is 0 Å². The van der Waals surface area contributed by atoms with E-state index in [-0.39, 0.29) is 17.2 Å². The molecule has 0 aliphatic carbocycles. The Hall–Kier alpha value is -2.19. The Labute approximate surface area is 165 Å². The Kier molecular flexibility index (Phi) is 5.25. The summed E-state index contributed by atoms with van der Waals surface area (Å²) in [4.78, 5) is 16.2. The highest BCUT2D eigenvalue weighted by Gasteiger charge is 2.40. The fourth-order valence-corrected chi connectivity index (χ4v) is 4.76. The van der Waals surface area contributed by atoms with E-state index < -0.39 is 17.1 Å². The molecule has 1 atom stereocenters. The number of halogens is 3. The molecule has 28 heavy (non-hydrogen) atoms. The minimum atomic E-state index is -4.46. The highest BCUT2D eigenvalue weighted by molar-refractivity contribution is 8.00. The number of carbonyl (C=O) groups excluding carboxylic acids is 1. The van der Waals surface area contributed by atoms with E-state index in [1.165, 1.54) is 28.8 Å². The van der Waals surface area contributed by atoms with Crippen LogP contribution in [0.25, 0.3) is 0 Å². The quantitative estimate of drug-likeness (QED) is 0.757. The zero-order valence-corrected chi connectivity index (χ0v) is 15.8. The number of alkyl halides is 3. The first-order chi connectivity index (χ1) is 13.4. The van der Waals surface area contributed by atoms with Crippen molar-refractivity contribution in [2.45, 2.75) is 11.6 Å². The topological polar surface area (TPSA) is 32.8 Å². The Morgan fingerprint density at radius 1 is 0.964 bits per heavy atom. The monoisotopic (exact) mass is 408 g/mol. The van der Waals surface area contributed by atoms with Gasteiger partial charge in [-0.2, -0.15) is 13.2 Å². The number of hydrogen-bond acceptors (Lipinski definition) is 4. The lowest BCUT2D eigenvalue weighted by Gasteiger charge is -2.30. The average Bonchev–Trinajstić information content (AvgIpc) is 3.09. The standard InChI is InChI=1S/C20H19F3N2O2S/c21-20(22,23)17-4-2-1-3-16(17)19-25(18(26)13-28-19)15-7-5-14(6-8-15)24-9-11-27-12-10-24/h1-8,19H,9-13H2. The molecule has 2 aromatic carbocycles. The van der Waals surface area contributed by atoms with Crippen LogP contribution in [0.15, 0.2) is 48.5 Å². The maximum absolute atomic E-state index is 13.5. The fraction of sp³-hybridized carbons (Fsp3) is 0.350. The van der Waals surface area contributed by atoms with E-state index in [4.69, 9.17) is 4.74 Å². The van der Waals surface area contributed by atoms with Crippen molar-refractivity contribution in [2.24, 2.45) is 0 Å². The summed E-state index contributed by atoms with van der Waals surface area (Å²) in [6, 6.07) is 12.9. The molecule has 0 spiro atoms. The molecule has 2 saturated heterocycles. The minimum Gasteiger partial charge on any atom is -0.378 e. The molecule has 8 heteroatoms. The van der Waals surface area contributed by atoms with Crippen molar-refractivity contribution in [3.8, 4) is 0 Å². The molecule has 2 aliphatic rings. The lowest BCUT2D eigenvalue weighted by atomic mass is 10.1. The molecule has 148 valence electrons. The molecule has 2 aliphatic heterocycles. The number of ether oxygens (including phenoxy) is 1. The van der Waals surface area contributed by atoms with Gasteiger partial charge in [-0.15, -0.1) is 11.8 Å². The van der Waals surface area contributed by atoms with E-state index >= 15 is 0 Å². The van der Waals surface area contributed by atoms with Gasteiger partial charge < -0.3 is 9.64 Å². The van der Waals surface area contributed by atoms with E-state index in [9.17, 15) is 18.0 Å². The van der Waals surface area contributed by atoms with Crippen molar-refractivity contribution in [2.75, 3.05) is 41.9 Å². The van der Waals surface area contributed by atoms with Crippen molar-refractivity contribution < 1.29 is 22.7 Å². The SMILES string of the molecule is O=C1CSC(c2ccccc2C(F)(F)F)N1c1ccc(N2CCOCC2)cc1. The molecule has 2 fully saturated rings. The smallest absolute Gasteiger partial charge is 0.378 e. The Balaban J connectivity index is 1.64. The number of carbonyl (C=O) groups is 1. The summed E-state index contributed by atoms with van der Waals surface area (Å²) >= 11 is 1.22.